The molecule has 0 saturated carbocycles. The average Bonchev–Trinajstić information content (AvgIpc) is 2.38. The molecular weight excluding hydrogens is 246 g/mol. The predicted octanol–water partition coefficient (Wildman–Crippen LogP) is 1.74. The lowest BCUT2D eigenvalue weighted by molar-refractivity contribution is 0.262. The van der Waals surface area contributed by atoms with Crippen LogP contribution in [0.25, 0.3) is 11.0 Å². The number of rotatable bonds is 5. The van der Waals surface area contributed by atoms with Gasteiger partial charge in [0.2, 0.25) is 0 Å². The molecule has 19 heavy (non-hydrogen) atoms. The van der Waals surface area contributed by atoms with Crippen molar-refractivity contribution in [3.05, 3.63) is 34.7 Å². The molecule has 5 nitrogen and oxygen atoms in total. The highest BCUT2D eigenvalue weighted by atomic mass is 16.5. The van der Waals surface area contributed by atoms with Crippen LogP contribution in [0.4, 0.5) is 0 Å². The molecule has 0 bridgehead atoms. The van der Waals surface area contributed by atoms with Gasteiger partial charge in [-0.3, -0.25) is 4.79 Å². The van der Waals surface area contributed by atoms with Gasteiger partial charge >= 0.3 is 0 Å². The number of methoxy groups -OCH3 is 1. The maximum atomic E-state index is 11.9. The SMILES string of the molecule is COc1cc(OCCN(C)C)c2c(=O)ccoc2c1. The van der Waals surface area contributed by atoms with Crippen molar-refractivity contribution < 1.29 is 13.9 Å². The molecule has 0 unspecified atom stereocenters. The quantitative estimate of drug-likeness (QED) is 0.822. The third kappa shape index (κ3) is 3.06. The fourth-order valence-electron chi connectivity index (χ4n) is 1.72. The second-order valence-electron chi connectivity index (χ2n) is 4.44. The van der Waals surface area contributed by atoms with Crippen LogP contribution in [0.5, 0.6) is 11.5 Å². The Hall–Kier alpha value is -2.01. The fraction of sp³-hybridized carbons (Fsp3) is 0.357. The molecule has 1 aromatic heterocycles. The number of nitrogens with zero attached hydrogens (tertiary/aromatic N) is 1. The molecule has 2 aromatic rings. The third-order valence-electron chi connectivity index (χ3n) is 2.73. The van der Waals surface area contributed by atoms with E-state index < -0.39 is 0 Å². The van der Waals surface area contributed by atoms with E-state index in [1.54, 1.807) is 19.2 Å². The van der Waals surface area contributed by atoms with Crippen molar-refractivity contribution in [2.24, 2.45) is 0 Å². The number of benzene rings is 1. The van der Waals surface area contributed by atoms with Crippen LogP contribution in [0.15, 0.2) is 33.7 Å². The van der Waals surface area contributed by atoms with Crippen LogP contribution in [0.2, 0.25) is 0 Å². The standard InChI is InChI=1S/C14H17NO4/c1-15(2)5-7-19-13-9-10(17-3)8-12-14(13)11(16)4-6-18-12/h4,6,8-9H,5,7H2,1-3H3. The van der Waals surface area contributed by atoms with E-state index in [4.69, 9.17) is 13.9 Å². The molecule has 0 aliphatic rings. The van der Waals surface area contributed by atoms with Crippen LogP contribution < -0.4 is 14.9 Å². The van der Waals surface area contributed by atoms with Crippen LogP contribution in [0.1, 0.15) is 0 Å². The minimum Gasteiger partial charge on any atom is -0.496 e. The number of hydrogen-bond acceptors (Lipinski definition) is 5. The molecule has 1 aromatic carbocycles. The van der Waals surface area contributed by atoms with Crippen molar-refractivity contribution in [2.45, 2.75) is 0 Å². The molecular formula is C14H17NO4. The van der Waals surface area contributed by atoms with Crippen molar-refractivity contribution >= 4 is 11.0 Å². The van der Waals surface area contributed by atoms with Crippen molar-refractivity contribution in [3.8, 4) is 11.5 Å². The molecule has 5 heteroatoms. The van der Waals surface area contributed by atoms with Gasteiger partial charge < -0.3 is 18.8 Å². The second kappa shape index (κ2) is 5.75. The zero-order valence-electron chi connectivity index (χ0n) is 11.3. The Kier molecular flexibility index (Phi) is 4.06. The van der Waals surface area contributed by atoms with Gasteiger partial charge in [0.25, 0.3) is 0 Å². The van der Waals surface area contributed by atoms with Gasteiger partial charge in [-0.05, 0) is 14.1 Å². The number of ether oxygens (including phenoxy) is 2. The number of likely N-dealkylation sites (N-methyl/N-ethyl adjacent to an activating group) is 1. The minimum atomic E-state index is -0.122. The smallest absolute Gasteiger partial charge is 0.196 e. The highest BCUT2D eigenvalue weighted by molar-refractivity contribution is 5.84. The van der Waals surface area contributed by atoms with Gasteiger partial charge in [-0.2, -0.15) is 0 Å². The molecule has 0 amide bonds. The first-order valence-electron chi connectivity index (χ1n) is 5.99. The van der Waals surface area contributed by atoms with Crippen molar-refractivity contribution in [1.29, 1.82) is 0 Å². The average molecular weight is 263 g/mol. The molecule has 0 radical (unpaired) electrons. The number of hydrogen-bond donors (Lipinski definition) is 0. The zero-order chi connectivity index (χ0) is 13.8. The van der Waals surface area contributed by atoms with E-state index in [2.05, 4.69) is 0 Å². The summed E-state index contributed by atoms with van der Waals surface area (Å²) in [5, 5.41) is 0.446. The van der Waals surface area contributed by atoms with Crippen LogP contribution in [-0.2, 0) is 0 Å². The third-order valence-corrected chi connectivity index (χ3v) is 2.73. The van der Waals surface area contributed by atoms with E-state index >= 15 is 0 Å². The molecule has 0 aliphatic heterocycles. The van der Waals surface area contributed by atoms with E-state index in [1.165, 1.54) is 12.3 Å². The summed E-state index contributed by atoms with van der Waals surface area (Å²) in [4.78, 5) is 13.9. The maximum Gasteiger partial charge on any atom is 0.196 e. The van der Waals surface area contributed by atoms with Gasteiger partial charge in [0.15, 0.2) is 5.43 Å². The predicted molar refractivity (Wildman–Crippen MR) is 73.1 cm³/mol. The Morgan fingerprint density at radius 1 is 1.32 bits per heavy atom. The molecule has 102 valence electrons. The molecule has 0 N–H and O–H groups in total. The Bertz CT molecular complexity index is 618. The first-order valence-corrected chi connectivity index (χ1v) is 5.99. The Morgan fingerprint density at radius 3 is 2.79 bits per heavy atom. The summed E-state index contributed by atoms with van der Waals surface area (Å²) in [6, 6.07) is 4.76. The summed E-state index contributed by atoms with van der Waals surface area (Å²) < 4.78 is 16.2. The monoisotopic (exact) mass is 263 g/mol. The van der Waals surface area contributed by atoms with Gasteiger partial charge in [-0.25, -0.2) is 0 Å². The van der Waals surface area contributed by atoms with Crippen LogP contribution in [0.3, 0.4) is 0 Å². The summed E-state index contributed by atoms with van der Waals surface area (Å²) in [5.41, 5.74) is 0.343. The summed E-state index contributed by atoms with van der Waals surface area (Å²) in [6.07, 6.45) is 1.37. The van der Waals surface area contributed by atoms with Crippen molar-refractivity contribution in [2.75, 3.05) is 34.4 Å². The van der Waals surface area contributed by atoms with Gasteiger partial charge in [-0.1, -0.05) is 0 Å². The Morgan fingerprint density at radius 2 is 2.11 bits per heavy atom. The van der Waals surface area contributed by atoms with E-state index in [-0.39, 0.29) is 5.43 Å². The minimum absolute atomic E-state index is 0.122. The summed E-state index contributed by atoms with van der Waals surface area (Å²) in [5.74, 6) is 1.09. The summed E-state index contributed by atoms with van der Waals surface area (Å²) >= 11 is 0. The van der Waals surface area contributed by atoms with Crippen LogP contribution >= 0.6 is 0 Å². The Balaban J connectivity index is 2.41. The zero-order valence-corrected chi connectivity index (χ0v) is 11.3. The first kappa shape index (κ1) is 13.4. The van der Waals surface area contributed by atoms with Gasteiger partial charge in [0.1, 0.15) is 29.1 Å². The lowest BCUT2D eigenvalue weighted by Crippen LogP contribution is -2.19. The van der Waals surface area contributed by atoms with Gasteiger partial charge in [0.05, 0.1) is 13.4 Å². The maximum absolute atomic E-state index is 11.9. The normalized spacial score (nSPS) is 10.9. The van der Waals surface area contributed by atoms with Crippen molar-refractivity contribution in [3.63, 3.8) is 0 Å². The molecule has 0 atom stereocenters. The van der Waals surface area contributed by atoms with E-state index in [0.717, 1.165) is 6.54 Å². The Labute approximate surface area is 111 Å². The topological polar surface area (TPSA) is 51.9 Å². The molecule has 0 spiro atoms. The highest BCUT2D eigenvalue weighted by Gasteiger charge is 2.11. The van der Waals surface area contributed by atoms with Crippen LogP contribution in [-0.4, -0.2) is 39.3 Å². The largest absolute Gasteiger partial charge is 0.496 e. The second-order valence-corrected chi connectivity index (χ2v) is 4.44. The number of fused-ring (bicyclic) bond motifs is 1. The van der Waals surface area contributed by atoms with E-state index in [0.29, 0.717) is 29.1 Å². The van der Waals surface area contributed by atoms with Crippen LogP contribution in [0, 0.1) is 0 Å². The van der Waals surface area contributed by atoms with Gasteiger partial charge in [0, 0.05) is 24.7 Å². The van der Waals surface area contributed by atoms with Crippen molar-refractivity contribution in [1.82, 2.24) is 4.90 Å². The molecule has 0 saturated heterocycles. The van der Waals surface area contributed by atoms with Gasteiger partial charge in [-0.15, -0.1) is 0 Å². The molecule has 2 rings (SSSR count). The lowest BCUT2D eigenvalue weighted by atomic mass is 10.2. The molecule has 1 heterocycles. The first-order chi connectivity index (χ1) is 9.11. The van der Waals surface area contributed by atoms with E-state index in [9.17, 15) is 4.79 Å². The molecule has 0 aliphatic carbocycles. The van der Waals surface area contributed by atoms with E-state index in [1.807, 2.05) is 19.0 Å². The lowest BCUT2D eigenvalue weighted by Gasteiger charge is -2.13. The summed E-state index contributed by atoms with van der Waals surface area (Å²) in [7, 11) is 5.48. The fourth-order valence-corrected chi connectivity index (χ4v) is 1.72. The highest BCUT2D eigenvalue weighted by Crippen LogP contribution is 2.28. The molecule has 0 fully saturated rings. The summed E-state index contributed by atoms with van der Waals surface area (Å²) in [6.45, 7) is 1.25.